The molecule has 16 heavy (non-hydrogen) atoms. The number of rotatable bonds is 1. The van der Waals surface area contributed by atoms with Crippen LogP contribution >= 0.6 is 0 Å². The number of benzene rings is 2. The fraction of sp³-hybridized carbons (Fsp3) is 0.0769. The molecule has 0 fully saturated rings. The number of aromatic hydroxyl groups is 1. The monoisotopic (exact) mass is 220 g/mol. The summed E-state index contributed by atoms with van der Waals surface area (Å²) in [6, 6.07) is 7.96. The molecular formula is C13H10F2O. The van der Waals surface area contributed by atoms with Crippen molar-refractivity contribution in [3.8, 4) is 16.9 Å². The van der Waals surface area contributed by atoms with Gasteiger partial charge in [0.1, 0.15) is 17.4 Å². The lowest BCUT2D eigenvalue weighted by Gasteiger charge is -2.07. The zero-order valence-electron chi connectivity index (χ0n) is 8.67. The second kappa shape index (κ2) is 3.93. The summed E-state index contributed by atoms with van der Waals surface area (Å²) >= 11 is 0. The maximum atomic E-state index is 13.5. The largest absolute Gasteiger partial charge is 0.507 e. The topological polar surface area (TPSA) is 20.2 Å². The van der Waals surface area contributed by atoms with Crippen LogP contribution in [0.15, 0.2) is 36.4 Å². The van der Waals surface area contributed by atoms with Crippen molar-refractivity contribution < 1.29 is 13.9 Å². The summed E-state index contributed by atoms with van der Waals surface area (Å²) in [4.78, 5) is 0. The van der Waals surface area contributed by atoms with E-state index in [1.807, 2.05) is 6.92 Å². The molecule has 1 nitrogen and oxygen atoms in total. The van der Waals surface area contributed by atoms with Crippen molar-refractivity contribution in [1.29, 1.82) is 0 Å². The Hall–Kier alpha value is -1.90. The number of halogens is 2. The molecule has 0 aliphatic rings. The van der Waals surface area contributed by atoms with Gasteiger partial charge in [-0.25, -0.2) is 8.78 Å². The fourth-order valence-corrected chi connectivity index (χ4v) is 1.57. The summed E-state index contributed by atoms with van der Waals surface area (Å²) in [6.45, 7) is 1.82. The Labute approximate surface area is 92.0 Å². The Balaban J connectivity index is 2.66. The van der Waals surface area contributed by atoms with E-state index in [-0.39, 0.29) is 11.3 Å². The lowest BCUT2D eigenvalue weighted by atomic mass is 10.0. The molecule has 0 atom stereocenters. The van der Waals surface area contributed by atoms with Gasteiger partial charge in [-0.15, -0.1) is 0 Å². The second-order valence-corrected chi connectivity index (χ2v) is 3.64. The number of aryl methyl sites for hydroxylation is 1. The zero-order valence-corrected chi connectivity index (χ0v) is 8.67. The van der Waals surface area contributed by atoms with Crippen molar-refractivity contribution in [2.75, 3.05) is 0 Å². The zero-order chi connectivity index (χ0) is 11.7. The number of phenols is 1. The lowest BCUT2D eigenvalue weighted by molar-refractivity contribution is 0.476. The van der Waals surface area contributed by atoms with E-state index in [2.05, 4.69) is 0 Å². The van der Waals surface area contributed by atoms with Crippen LogP contribution in [0, 0.1) is 18.6 Å². The van der Waals surface area contributed by atoms with Gasteiger partial charge in [-0.2, -0.15) is 0 Å². The first-order valence-corrected chi connectivity index (χ1v) is 4.83. The van der Waals surface area contributed by atoms with Crippen LogP contribution in [0.3, 0.4) is 0 Å². The molecule has 82 valence electrons. The van der Waals surface area contributed by atoms with Gasteiger partial charge >= 0.3 is 0 Å². The highest BCUT2D eigenvalue weighted by Crippen LogP contribution is 2.32. The molecule has 0 spiro atoms. The van der Waals surface area contributed by atoms with Crippen LogP contribution in [0.4, 0.5) is 8.78 Å². The summed E-state index contributed by atoms with van der Waals surface area (Å²) in [7, 11) is 0. The Morgan fingerprint density at radius 2 is 1.69 bits per heavy atom. The van der Waals surface area contributed by atoms with Crippen LogP contribution in [0.1, 0.15) is 5.56 Å². The highest BCUT2D eigenvalue weighted by atomic mass is 19.1. The van der Waals surface area contributed by atoms with Crippen molar-refractivity contribution >= 4 is 0 Å². The molecule has 0 aliphatic heterocycles. The Kier molecular flexibility index (Phi) is 2.60. The first-order valence-electron chi connectivity index (χ1n) is 4.83. The van der Waals surface area contributed by atoms with E-state index in [4.69, 9.17) is 0 Å². The van der Waals surface area contributed by atoms with Gasteiger partial charge in [0.2, 0.25) is 0 Å². The minimum absolute atomic E-state index is 0.0601. The maximum absolute atomic E-state index is 13.5. The molecule has 1 N–H and O–H groups in total. The highest BCUT2D eigenvalue weighted by molar-refractivity contribution is 5.71. The van der Waals surface area contributed by atoms with Crippen molar-refractivity contribution in [2.45, 2.75) is 6.92 Å². The van der Waals surface area contributed by atoms with Gasteiger partial charge in [0.25, 0.3) is 0 Å². The number of phenolic OH excluding ortho intramolecular Hbond substituents is 1. The molecule has 0 bridgehead atoms. The molecule has 0 saturated carbocycles. The molecule has 0 amide bonds. The normalized spacial score (nSPS) is 10.4. The maximum Gasteiger partial charge on any atom is 0.131 e. The van der Waals surface area contributed by atoms with E-state index in [1.54, 1.807) is 12.1 Å². The first-order chi connectivity index (χ1) is 7.58. The van der Waals surface area contributed by atoms with E-state index < -0.39 is 11.6 Å². The van der Waals surface area contributed by atoms with E-state index in [0.29, 0.717) is 5.56 Å². The highest BCUT2D eigenvalue weighted by Gasteiger charge is 2.10. The van der Waals surface area contributed by atoms with Crippen LogP contribution in [-0.2, 0) is 0 Å². The van der Waals surface area contributed by atoms with Gasteiger partial charge < -0.3 is 5.11 Å². The summed E-state index contributed by atoms with van der Waals surface area (Å²) in [6.07, 6.45) is 0. The minimum Gasteiger partial charge on any atom is -0.507 e. The molecule has 2 aromatic rings. The van der Waals surface area contributed by atoms with Gasteiger partial charge in [0, 0.05) is 11.1 Å². The van der Waals surface area contributed by atoms with Crippen LogP contribution in [0.5, 0.6) is 5.75 Å². The fourth-order valence-electron chi connectivity index (χ4n) is 1.57. The van der Waals surface area contributed by atoms with Gasteiger partial charge in [0.15, 0.2) is 0 Å². The van der Waals surface area contributed by atoms with E-state index in [1.165, 1.54) is 6.07 Å². The average Bonchev–Trinajstić information content (AvgIpc) is 2.25. The molecular weight excluding hydrogens is 210 g/mol. The SMILES string of the molecule is Cc1ccc(O)c(-c2cc(F)ccc2F)c1. The van der Waals surface area contributed by atoms with Crippen molar-refractivity contribution in [3.63, 3.8) is 0 Å². The van der Waals surface area contributed by atoms with Gasteiger partial charge in [-0.1, -0.05) is 11.6 Å². The molecule has 0 saturated heterocycles. The smallest absolute Gasteiger partial charge is 0.131 e. The van der Waals surface area contributed by atoms with Crippen LogP contribution in [0.2, 0.25) is 0 Å². The third-order valence-electron chi connectivity index (χ3n) is 2.37. The standard InChI is InChI=1S/C13H10F2O/c1-8-2-5-13(16)11(6-8)10-7-9(14)3-4-12(10)15/h2-7,16H,1H3. The molecule has 2 aromatic carbocycles. The average molecular weight is 220 g/mol. The van der Waals surface area contributed by atoms with Crippen molar-refractivity contribution in [3.05, 3.63) is 53.6 Å². The molecule has 0 radical (unpaired) electrons. The quantitative estimate of drug-likeness (QED) is 0.777. The van der Waals surface area contributed by atoms with Crippen molar-refractivity contribution in [2.24, 2.45) is 0 Å². The summed E-state index contributed by atoms with van der Waals surface area (Å²) in [5.74, 6) is -1.14. The molecule has 0 unspecified atom stereocenters. The lowest BCUT2D eigenvalue weighted by Crippen LogP contribution is -1.88. The number of hydrogen-bond donors (Lipinski definition) is 1. The molecule has 0 heterocycles. The summed E-state index contributed by atoms with van der Waals surface area (Å²) in [5.41, 5.74) is 1.25. The van der Waals surface area contributed by atoms with E-state index in [0.717, 1.165) is 23.8 Å². The molecule has 3 heteroatoms. The van der Waals surface area contributed by atoms with Crippen LogP contribution in [0.25, 0.3) is 11.1 Å². The number of hydrogen-bond acceptors (Lipinski definition) is 1. The Morgan fingerprint density at radius 3 is 2.44 bits per heavy atom. The second-order valence-electron chi connectivity index (χ2n) is 3.64. The molecule has 2 rings (SSSR count). The first kappa shape index (κ1) is 10.6. The van der Waals surface area contributed by atoms with Crippen LogP contribution < -0.4 is 0 Å². The van der Waals surface area contributed by atoms with Crippen LogP contribution in [-0.4, -0.2) is 5.11 Å². The summed E-state index contributed by atoms with van der Waals surface area (Å²) < 4.78 is 26.5. The molecule has 0 aliphatic carbocycles. The van der Waals surface area contributed by atoms with Gasteiger partial charge in [0.05, 0.1) is 0 Å². The Bertz CT molecular complexity index is 486. The van der Waals surface area contributed by atoms with E-state index in [9.17, 15) is 13.9 Å². The molecule has 0 aromatic heterocycles. The Morgan fingerprint density at radius 1 is 0.938 bits per heavy atom. The third kappa shape index (κ3) is 1.89. The van der Waals surface area contributed by atoms with E-state index >= 15 is 0 Å². The van der Waals surface area contributed by atoms with Gasteiger partial charge in [-0.3, -0.25) is 0 Å². The van der Waals surface area contributed by atoms with Crippen molar-refractivity contribution in [1.82, 2.24) is 0 Å². The van der Waals surface area contributed by atoms with Gasteiger partial charge in [-0.05, 0) is 37.3 Å². The predicted octanol–water partition coefficient (Wildman–Crippen LogP) is 3.65. The summed E-state index contributed by atoms with van der Waals surface area (Å²) in [5, 5.41) is 9.61. The predicted molar refractivity (Wildman–Crippen MR) is 58.2 cm³/mol. The third-order valence-corrected chi connectivity index (χ3v) is 2.37. The minimum atomic E-state index is -0.553.